The lowest BCUT2D eigenvalue weighted by Gasteiger charge is -2.15. The van der Waals surface area contributed by atoms with Crippen molar-refractivity contribution in [2.45, 2.75) is 18.6 Å². The van der Waals surface area contributed by atoms with Crippen LogP contribution in [-0.4, -0.2) is 40.5 Å². The van der Waals surface area contributed by atoms with Gasteiger partial charge in [0.15, 0.2) is 11.5 Å². The van der Waals surface area contributed by atoms with Gasteiger partial charge < -0.3 is 14.8 Å². The van der Waals surface area contributed by atoms with E-state index >= 15 is 0 Å². The van der Waals surface area contributed by atoms with Crippen molar-refractivity contribution in [1.29, 1.82) is 0 Å². The summed E-state index contributed by atoms with van der Waals surface area (Å²) in [5.74, 6) is 1.22. The molecule has 6 nitrogen and oxygen atoms in total. The van der Waals surface area contributed by atoms with E-state index < -0.39 is 15.3 Å². The van der Waals surface area contributed by atoms with E-state index in [2.05, 4.69) is 10.0 Å². The highest BCUT2D eigenvalue weighted by atomic mass is 32.2. The summed E-state index contributed by atoms with van der Waals surface area (Å²) in [5, 5.41) is 2.33. The summed E-state index contributed by atoms with van der Waals surface area (Å²) in [6.07, 6.45) is 0.814. The van der Waals surface area contributed by atoms with Gasteiger partial charge in [-0.3, -0.25) is 4.72 Å². The van der Waals surface area contributed by atoms with Gasteiger partial charge in [0.25, 0.3) is 0 Å². The van der Waals surface area contributed by atoms with E-state index in [0.717, 1.165) is 6.42 Å². The lowest BCUT2D eigenvalue weighted by atomic mass is 10.3. The van der Waals surface area contributed by atoms with Gasteiger partial charge in [-0.1, -0.05) is 0 Å². The Morgan fingerprint density at radius 1 is 1.25 bits per heavy atom. The molecule has 2 rings (SSSR count). The molecule has 0 spiro atoms. The average molecular weight is 300 g/mol. The summed E-state index contributed by atoms with van der Waals surface area (Å²) in [6, 6.07) is 5.06. The van der Waals surface area contributed by atoms with Crippen molar-refractivity contribution in [2.75, 3.05) is 31.5 Å². The van der Waals surface area contributed by atoms with Gasteiger partial charge in [-0.25, -0.2) is 8.42 Å². The quantitative estimate of drug-likeness (QED) is 0.854. The molecule has 1 aromatic rings. The number of anilines is 1. The van der Waals surface area contributed by atoms with Gasteiger partial charge in [0.1, 0.15) is 0 Å². The molecule has 0 bridgehead atoms. The van der Waals surface area contributed by atoms with E-state index in [-0.39, 0.29) is 0 Å². The minimum absolute atomic E-state index is 0.389. The van der Waals surface area contributed by atoms with E-state index in [4.69, 9.17) is 9.47 Å². The fourth-order valence-corrected chi connectivity index (χ4v) is 2.93. The fraction of sp³-hybridized carbons (Fsp3) is 0.538. The largest absolute Gasteiger partial charge is 0.490 e. The molecule has 1 aliphatic rings. The molecule has 0 aromatic heterocycles. The second-order valence-electron chi connectivity index (χ2n) is 4.73. The first kappa shape index (κ1) is 14.9. The smallest absolute Gasteiger partial charge is 0.236 e. The number of hydrogen-bond acceptors (Lipinski definition) is 5. The zero-order valence-electron chi connectivity index (χ0n) is 11.7. The van der Waals surface area contributed by atoms with E-state index in [1.54, 1.807) is 32.2 Å². The maximum Gasteiger partial charge on any atom is 0.236 e. The third-order valence-corrected chi connectivity index (χ3v) is 4.78. The molecule has 1 heterocycles. The highest BCUT2D eigenvalue weighted by Gasteiger charge is 2.20. The molecule has 1 aliphatic heterocycles. The molecular weight excluding hydrogens is 280 g/mol. The van der Waals surface area contributed by atoms with Gasteiger partial charge in [0.2, 0.25) is 10.0 Å². The Balaban J connectivity index is 2.16. The first-order valence-corrected chi connectivity index (χ1v) is 8.13. The highest BCUT2D eigenvalue weighted by molar-refractivity contribution is 7.93. The summed E-state index contributed by atoms with van der Waals surface area (Å²) in [6.45, 7) is 3.22. The van der Waals surface area contributed by atoms with Gasteiger partial charge in [-0.2, -0.15) is 0 Å². The Kier molecular flexibility index (Phi) is 4.72. The van der Waals surface area contributed by atoms with Crippen LogP contribution in [0.1, 0.15) is 13.3 Å². The number of hydrogen-bond donors (Lipinski definition) is 2. The van der Waals surface area contributed by atoms with E-state index in [9.17, 15) is 8.42 Å². The molecule has 1 unspecified atom stereocenters. The minimum atomic E-state index is -3.42. The summed E-state index contributed by atoms with van der Waals surface area (Å²) >= 11 is 0. The molecule has 112 valence electrons. The van der Waals surface area contributed by atoms with Crippen LogP contribution in [0.15, 0.2) is 18.2 Å². The van der Waals surface area contributed by atoms with Crippen LogP contribution >= 0.6 is 0 Å². The summed E-state index contributed by atoms with van der Waals surface area (Å²) in [5.41, 5.74) is 0.484. The van der Waals surface area contributed by atoms with Crippen LogP contribution in [0, 0.1) is 0 Å². The van der Waals surface area contributed by atoms with Crippen LogP contribution in [0.5, 0.6) is 11.5 Å². The van der Waals surface area contributed by atoms with Crippen LogP contribution in [0.25, 0.3) is 0 Å². The zero-order valence-corrected chi connectivity index (χ0v) is 12.5. The number of ether oxygens (including phenoxy) is 2. The molecule has 0 saturated heterocycles. The Morgan fingerprint density at radius 3 is 2.65 bits per heavy atom. The van der Waals surface area contributed by atoms with Gasteiger partial charge >= 0.3 is 0 Å². The maximum absolute atomic E-state index is 12.1. The Bertz CT molecular complexity index is 559. The molecule has 1 aromatic carbocycles. The van der Waals surface area contributed by atoms with Crippen LogP contribution < -0.4 is 19.5 Å². The SMILES string of the molecule is CNCC(C)S(=O)(=O)Nc1ccc2c(c1)OCCCO2. The summed E-state index contributed by atoms with van der Waals surface area (Å²) in [4.78, 5) is 0. The van der Waals surface area contributed by atoms with Crippen LogP contribution in [0.3, 0.4) is 0 Å². The normalized spacial score (nSPS) is 16.3. The van der Waals surface area contributed by atoms with Gasteiger partial charge in [-0.05, 0) is 26.1 Å². The monoisotopic (exact) mass is 300 g/mol. The first-order valence-electron chi connectivity index (χ1n) is 6.59. The molecule has 2 N–H and O–H groups in total. The maximum atomic E-state index is 12.1. The second kappa shape index (κ2) is 6.32. The number of sulfonamides is 1. The lowest BCUT2D eigenvalue weighted by Crippen LogP contribution is -2.33. The molecular formula is C13H20N2O4S. The number of nitrogens with one attached hydrogen (secondary N) is 2. The predicted molar refractivity (Wildman–Crippen MR) is 78.0 cm³/mol. The average Bonchev–Trinajstić information content (AvgIpc) is 2.63. The number of rotatable bonds is 5. The highest BCUT2D eigenvalue weighted by Crippen LogP contribution is 2.32. The minimum Gasteiger partial charge on any atom is -0.490 e. The molecule has 0 aliphatic carbocycles. The van der Waals surface area contributed by atoms with Crippen molar-refractivity contribution in [2.24, 2.45) is 0 Å². The Labute approximate surface area is 119 Å². The van der Waals surface area contributed by atoms with Gasteiger partial charge in [0.05, 0.1) is 24.2 Å². The van der Waals surface area contributed by atoms with Crippen molar-refractivity contribution in [3.63, 3.8) is 0 Å². The van der Waals surface area contributed by atoms with Gasteiger partial charge in [0, 0.05) is 19.0 Å². The molecule has 0 amide bonds. The second-order valence-corrected chi connectivity index (χ2v) is 6.83. The van der Waals surface area contributed by atoms with Crippen molar-refractivity contribution in [1.82, 2.24) is 5.32 Å². The van der Waals surface area contributed by atoms with E-state index in [0.29, 0.717) is 36.9 Å². The summed E-state index contributed by atoms with van der Waals surface area (Å²) < 4.78 is 37.8. The van der Waals surface area contributed by atoms with E-state index in [1.165, 1.54) is 0 Å². The summed E-state index contributed by atoms with van der Waals surface area (Å²) in [7, 11) is -1.70. The standard InChI is InChI=1S/C13H20N2O4S/c1-10(9-14-2)20(16,17)15-11-4-5-12-13(8-11)19-7-3-6-18-12/h4-5,8,10,14-15H,3,6-7,9H2,1-2H3. The van der Waals surface area contributed by atoms with Crippen molar-refractivity contribution in [3.05, 3.63) is 18.2 Å². The third kappa shape index (κ3) is 3.55. The molecule has 20 heavy (non-hydrogen) atoms. The number of benzene rings is 1. The zero-order chi connectivity index (χ0) is 14.6. The molecule has 7 heteroatoms. The van der Waals surface area contributed by atoms with Crippen LogP contribution in [0.4, 0.5) is 5.69 Å². The van der Waals surface area contributed by atoms with E-state index in [1.807, 2.05) is 0 Å². The topological polar surface area (TPSA) is 76.7 Å². The molecule has 0 fully saturated rings. The van der Waals surface area contributed by atoms with Crippen molar-refractivity contribution >= 4 is 15.7 Å². The van der Waals surface area contributed by atoms with Crippen LogP contribution in [-0.2, 0) is 10.0 Å². The van der Waals surface area contributed by atoms with Crippen molar-refractivity contribution in [3.8, 4) is 11.5 Å². The Hall–Kier alpha value is -1.47. The lowest BCUT2D eigenvalue weighted by molar-refractivity contribution is 0.297. The molecule has 0 saturated carbocycles. The third-order valence-electron chi connectivity index (χ3n) is 3.03. The van der Waals surface area contributed by atoms with Gasteiger partial charge in [-0.15, -0.1) is 0 Å². The first-order chi connectivity index (χ1) is 9.53. The fourth-order valence-electron chi connectivity index (χ4n) is 1.89. The number of fused-ring (bicyclic) bond motifs is 1. The van der Waals surface area contributed by atoms with Crippen molar-refractivity contribution < 1.29 is 17.9 Å². The molecule has 1 atom stereocenters. The Morgan fingerprint density at radius 2 is 1.95 bits per heavy atom. The predicted octanol–water partition coefficient (Wildman–Crippen LogP) is 1.20. The molecule has 0 radical (unpaired) electrons. The van der Waals surface area contributed by atoms with Crippen LogP contribution in [0.2, 0.25) is 0 Å².